The van der Waals surface area contributed by atoms with Crippen molar-refractivity contribution in [3.8, 4) is 11.8 Å². The predicted octanol–water partition coefficient (Wildman–Crippen LogP) is 5.05. The van der Waals surface area contributed by atoms with Crippen LogP contribution in [0, 0.1) is 21.4 Å². The summed E-state index contributed by atoms with van der Waals surface area (Å²) in [5.41, 5.74) is 3.24. The molecule has 1 aliphatic rings. The van der Waals surface area contributed by atoms with E-state index in [0.29, 0.717) is 17.2 Å². The van der Waals surface area contributed by atoms with Crippen LogP contribution >= 0.6 is 11.3 Å². The lowest BCUT2D eigenvalue weighted by Crippen LogP contribution is -2.06. The Morgan fingerprint density at radius 3 is 2.86 bits per heavy atom. The number of nitrogens with zero attached hydrogens (tertiary/aromatic N) is 3. The van der Waals surface area contributed by atoms with Gasteiger partial charge in [-0.05, 0) is 24.3 Å². The number of nitriles is 1. The summed E-state index contributed by atoms with van der Waals surface area (Å²) < 4.78 is 5.77. The van der Waals surface area contributed by atoms with Crippen molar-refractivity contribution in [2.45, 2.75) is 0 Å². The van der Waals surface area contributed by atoms with Crippen molar-refractivity contribution in [1.29, 1.82) is 5.26 Å². The minimum atomic E-state index is -0.463. The summed E-state index contributed by atoms with van der Waals surface area (Å²) >= 11 is 1.32. The fraction of sp³-hybridized carbons (Fsp3) is 0.0476. The van der Waals surface area contributed by atoms with E-state index in [1.54, 1.807) is 18.2 Å². The molecule has 0 spiro atoms. The Bertz CT molecular complexity index is 1170. The van der Waals surface area contributed by atoms with Gasteiger partial charge in [0.1, 0.15) is 23.4 Å². The maximum Gasteiger partial charge on any atom is 0.276 e. The Morgan fingerprint density at radius 1 is 1.25 bits per heavy atom. The minimum absolute atomic E-state index is 0.0491. The zero-order valence-electron chi connectivity index (χ0n) is 14.5. The molecule has 1 aromatic heterocycles. The molecule has 1 aliphatic heterocycles. The number of thiazole rings is 1. The summed E-state index contributed by atoms with van der Waals surface area (Å²) in [6, 6.07) is 16.2. The van der Waals surface area contributed by atoms with E-state index in [4.69, 9.17) is 4.74 Å². The van der Waals surface area contributed by atoms with Gasteiger partial charge in [-0.25, -0.2) is 4.98 Å². The lowest BCUT2D eigenvalue weighted by Gasteiger charge is -2.16. The second kappa shape index (κ2) is 7.47. The summed E-state index contributed by atoms with van der Waals surface area (Å²) in [6.07, 6.45) is 3.53. The Hall–Kier alpha value is -3.76. The highest BCUT2D eigenvalue weighted by Crippen LogP contribution is 2.32. The number of benzene rings is 2. The molecule has 0 radical (unpaired) electrons. The molecule has 4 rings (SSSR count). The van der Waals surface area contributed by atoms with Crippen LogP contribution in [0.3, 0.4) is 0 Å². The minimum Gasteiger partial charge on any atom is -0.488 e. The molecule has 0 atom stereocenters. The van der Waals surface area contributed by atoms with Gasteiger partial charge in [0.25, 0.3) is 5.69 Å². The van der Waals surface area contributed by atoms with Gasteiger partial charge in [-0.15, -0.1) is 11.3 Å². The molecular formula is C21H13N3O3S. The molecule has 28 heavy (non-hydrogen) atoms. The largest absolute Gasteiger partial charge is 0.488 e. The van der Waals surface area contributed by atoms with Crippen molar-refractivity contribution in [3.63, 3.8) is 0 Å². The molecule has 0 aliphatic carbocycles. The van der Waals surface area contributed by atoms with Crippen molar-refractivity contribution in [3.05, 3.63) is 85.9 Å². The van der Waals surface area contributed by atoms with Gasteiger partial charge in [-0.1, -0.05) is 30.3 Å². The summed E-state index contributed by atoms with van der Waals surface area (Å²) in [5, 5.41) is 23.1. The van der Waals surface area contributed by atoms with Crippen LogP contribution in [0.2, 0.25) is 0 Å². The van der Waals surface area contributed by atoms with Crippen LogP contribution in [0.15, 0.2) is 53.9 Å². The molecular weight excluding hydrogens is 374 g/mol. The van der Waals surface area contributed by atoms with Crippen molar-refractivity contribution in [2.75, 3.05) is 6.61 Å². The highest BCUT2D eigenvalue weighted by molar-refractivity contribution is 7.11. The van der Waals surface area contributed by atoms with E-state index in [9.17, 15) is 15.4 Å². The Kier molecular flexibility index (Phi) is 4.70. The van der Waals surface area contributed by atoms with Crippen LogP contribution in [0.25, 0.3) is 23.3 Å². The molecule has 0 fully saturated rings. The van der Waals surface area contributed by atoms with Gasteiger partial charge in [0.15, 0.2) is 0 Å². The maximum absolute atomic E-state index is 11.2. The van der Waals surface area contributed by atoms with Crippen LogP contribution in [-0.2, 0) is 0 Å². The van der Waals surface area contributed by atoms with Crippen LogP contribution in [-0.4, -0.2) is 16.5 Å². The molecule has 2 aromatic carbocycles. The molecule has 0 N–H and O–H groups in total. The van der Waals surface area contributed by atoms with Gasteiger partial charge < -0.3 is 4.74 Å². The number of aromatic nitrogens is 1. The van der Waals surface area contributed by atoms with Crippen LogP contribution in [0.4, 0.5) is 5.69 Å². The Morgan fingerprint density at radius 2 is 2.04 bits per heavy atom. The second-order valence-corrected chi connectivity index (χ2v) is 6.88. The second-order valence-electron chi connectivity index (χ2n) is 6.02. The van der Waals surface area contributed by atoms with E-state index < -0.39 is 4.92 Å². The zero-order chi connectivity index (χ0) is 19.5. The number of nitro benzene ring substituents is 1. The van der Waals surface area contributed by atoms with Gasteiger partial charge in [-0.2, -0.15) is 5.26 Å². The number of para-hydroxylation sites is 2. The summed E-state index contributed by atoms with van der Waals surface area (Å²) in [5.74, 6) is 0.829. The predicted molar refractivity (Wildman–Crippen MR) is 109 cm³/mol. The molecule has 0 bridgehead atoms. The molecule has 0 saturated carbocycles. The topological polar surface area (TPSA) is 89.0 Å². The molecule has 136 valence electrons. The molecule has 6 nitrogen and oxygen atoms in total. The van der Waals surface area contributed by atoms with E-state index in [1.165, 1.54) is 23.5 Å². The zero-order valence-corrected chi connectivity index (χ0v) is 15.3. The van der Waals surface area contributed by atoms with Crippen molar-refractivity contribution in [1.82, 2.24) is 4.98 Å². The van der Waals surface area contributed by atoms with Crippen LogP contribution < -0.4 is 4.74 Å². The number of hydrogen-bond acceptors (Lipinski definition) is 6. The lowest BCUT2D eigenvalue weighted by molar-refractivity contribution is -0.385. The quantitative estimate of drug-likeness (QED) is 0.355. The molecule has 0 unspecified atom stereocenters. The van der Waals surface area contributed by atoms with Crippen molar-refractivity contribution >= 4 is 40.3 Å². The molecule has 2 heterocycles. The standard InChI is InChI=1S/C21H13N3O3S/c22-11-16(9-14-5-1-3-7-19(14)24(25)26)21-23-18(13-28-21)17-10-15-6-2-4-8-20(15)27-12-17/h1-10,13H,12H2. The first-order valence-corrected chi connectivity index (χ1v) is 9.27. The molecule has 0 amide bonds. The van der Waals surface area contributed by atoms with Crippen molar-refractivity contribution < 1.29 is 9.66 Å². The summed E-state index contributed by atoms with van der Waals surface area (Å²) in [7, 11) is 0. The van der Waals surface area contributed by atoms with Gasteiger partial charge in [0.2, 0.25) is 0 Å². The maximum atomic E-state index is 11.2. The molecule has 3 aromatic rings. The van der Waals surface area contributed by atoms with Gasteiger partial charge in [0, 0.05) is 22.6 Å². The van der Waals surface area contributed by atoms with Crippen molar-refractivity contribution in [2.24, 2.45) is 0 Å². The first-order chi connectivity index (χ1) is 13.7. The number of allylic oxidation sites excluding steroid dienone is 1. The van der Waals surface area contributed by atoms with Gasteiger partial charge >= 0.3 is 0 Å². The highest BCUT2D eigenvalue weighted by atomic mass is 32.1. The Labute approximate surface area is 164 Å². The fourth-order valence-corrected chi connectivity index (χ4v) is 3.69. The Balaban J connectivity index is 1.68. The normalized spacial score (nSPS) is 13.1. The number of hydrogen-bond donors (Lipinski definition) is 0. The smallest absolute Gasteiger partial charge is 0.276 e. The lowest BCUT2D eigenvalue weighted by atomic mass is 10.1. The monoisotopic (exact) mass is 387 g/mol. The van der Waals surface area contributed by atoms with E-state index in [1.807, 2.05) is 35.7 Å². The van der Waals surface area contributed by atoms with Gasteiger partial charge in [0.05, 0.1) is 21.8 Å². The van der Waals surface area contributed by atoms with E-state index >= 15 is 0 Å². The van der Waals surface area contributed by atoms with Crippen LogP contribution in [0.5, 0.6) is 5.75 Å². The molecule has 7 heteroatoms. The number of nitro groups is 1. The fourth-order valence-electron chi connectivity index (χ4n) is 2.88. The van der Waals surface area contributed by atoms with E-state index in [-0.39, 0.29) is 11.3 Å². The third-order valence-electron chi connectivity index (χ3n) is 4.25. The first kappa shape index (κ1) is 17.6. The third-order valence-corrected chi connectivity index (χ3v) is 5.12. The average molecular weight is 387 g/mol. The summed E-state index contributed by atoms with van der Waals surface area (Å²) in [4.78, 5) is 15.3. The highest BCUT2D eigenvalue weighted by Gasteiger charge is 2.17. The van der Waals surface area contributed by atoms with Gasteiger partial charge in [-0.3, -0.25) is 10.1 Å². The van der Waals surface area contributed by atoms with E-state index in [0.717, 1.165) is 22.6 Å². The summed E-state index contributed by atoms with van der Waals surface area (Å²) in [6.45, 7) is 0.399. The number of fused-ring (bicyclic) bond motifs is 1. The average Bonchev–Trinajstić information content (AvgIpc) is 3.22. The first-order valence-electron chi connectivity index (χ1n) is 8.39. The number of ether oxygens (including phenoxy) is 1. The van der Waals surface area contributed by atoms with Crippen LogP contribution in [0.1, 0.15) is 21.8 Å². The molecule has 0 saturated heterocycles. The number of rotatable bonds is 4. The SMILES string of the molecule is N#CC(=Cc1ccccc1[N+](=O)[O-])c1nc(C2=Cc3ccccc3OC2)cs1. The third kappa shape index (κ3) is 3.41. The van der Waals surface area contributed by atoms with E-state index in [2.05, 4.69) is 11.1 Å².